The smallest absolute Gasteiger partial charge is 0.246 e. The number of ketones is 1. The number of likely N-dealkylation sites (tertiary alicyclic amines) is 1. The van der Waals surface area contributed by atoms with Crippen molar-refractivity contribution in [1.29, 1.82) is 0 Å². The van der Waals surface area contributed by atoms with Gasteiger partial charge in [-0.1, -0.05) is 34.1 Å². The normalized spacial score (nSPS) is 25.9. The zero-order chi connectivity index (χ0) is 31.0. The monoisotopic (exact) mass is 694 g/mol. The molecule has 1 aliphatic heterocycles. The van der Waals surface area contributed by atoms with E-state index in [0.29, 0.717) is 32.1 Å². The van der Waals surface area contributed by atoms with Crippen molar-refractivity contribution >= 4 is 33.3 Å². The number of amides is 3. The molecule has 1 aromatic rings. The average Bonchev–Trinajstić information content (AvgIpc) is 3.76. The summed E-state index contributed by atoms with van der Waals surface area (Å²) < 4.78 is 25.1. The first-order chi connectivity index (χ1) is 19.6. The van der Waals surface area contributed by atoms with Gasteiger partial charge in [-0.3, -0.25) is 19.2 Å². The van der Waals surface area contributed by atoms with Crippen molar-refractivity contribution < 1.29 is 60.3 Å². The molecule has 2 heterocycles. The Morgan fingerprint density at radius 2 is 1.81 bits per heavy atom. The van der Waals surface area contributed by atoms with Crippen LogP contribution in [-0.4, -0.2) is 92.2 Å². The Morgan fingerprint density at radius 1 is 1.16 bits per heavy atom. The van der Waals surface area contributed by atoms with Crippen LogP contribution in [0.4, 0.5) is 0 Å². The van der Waals surface area contributed by atoms with E-state index in [2.05, 4.69) is 39.9 Å². The van der Waals surface area contributed by atoms with E-state index < -0.39 is 67.5 Å². The molecule has 0 bridgehead atoms. The second-order valence-corrected chi connectivity index (χ2v) is 15.4. The summed E-state index contributed by atoms with van der Waals surface area (Å²) >= 11 is 0. The van der Waals surface area contributed by atoms with Crippen molar-refractivity contribution in [1.82, 2.24) is 35.7 Å². The molecule has 2 saturated carbocycles. The maximum absolute atomic E-state index is 14.1. The molecule has 15 heteroatoms. The van der Waals surface area contributed by atoms with Crippen LogP contribution in [0.15, 0.2) is 0 Å². The van der Waals surface area contributed by atoms with Crippen molar-refractivity contribution in [3.8, 4) is 0 Å². The first-order valence-electron chi connectivity index (χ1n) is 14.7. The molecule has 237 valence electrons. The van der Waals surface area contributed by atoms with Gasteiger partial charge in [-0.05, 0) is 42.2 Å². The van der Waals surface area contributed by atoms with Gasteiger partial charge in [-0.2, -0.15) is 16.3 Å². The van der Waals surface area contributed by atoms with E-state index in [1.165, 1.54) is 9.70 Å². The number of sulfone groups is 1. The van der Waals surface area contributed by atoms with Crippen LogP contribution in [0.5, 0.6) is 0 Å². The third-order valence-electron chi connectivity index (χ3n) is 8.50. The quantitative estimate of drug-likeness (QED) is 0.225. The van der Waals surface area contributed by atoms with Gasteiger partial charge in [0.2, 0.25) is 17.7 Å². The Hall–Kier alpha value is -1.93. The standard InChI is InChI=1S/C28H43N7O6S.Y/c1-7-8-9-10-23(37)29-24(27(4,5)6)26(39)34-15-19(35-32-18(3)31-33-35)13-21(34)25(38)30-28(14-17(28)2)22(36)16-42(40,41)20-11-12-20;/h17,19-21,24H,1,3,7-16H2,2,4-6H3,(H,29,37)(H,30,38);/q-2;/t17-,19-,21+,24-,28?;/m1./s1. The molecule has 43 heavy (non-hydrogen) atoms. The zero-order valence-electron chi connectivity index (χ0n) is 25.5. The third-order valence-corrected chi connectivity index (χ3v) is 10.7. The van der Waals surface area contributed by atoms with E-state index in [-0.39, 0.29) is 69.7 Å². The number of hydrogen-bond acceptors (Lipinski definition) is 9. The van der Waals surface area contributed by atoms with Gasteiger partial charge in [-0.25, -0.2) is 8.42 Å². The fourth-order valence-electron chi connectivity index (χ4n) is 5.61. The third kappa shape index (κ3) is 8.22. The minimum absolute atomic E-state index is 0. The van der Waals surface area contributed by atoms with Gasteiger partial charge in [0.15, 0.2) is 15.6 Å². The van der Waals surface area contributed by atoms with Crippen LogP contribution in [0, 0.1) is 25.2 Å². The molecule has 3 fully saturated rings. The summed E-state index contributed by atoms with van der Waals surface area (Å²) in [6, 6.07) is -2.43. The largest absolute Gasteiger partial charge is 0.344 e. The number of unbranched alkanes of at least 4 members (excludes halogenated alkanes) is 2. The van der Waals surface area contributed by atoms with Crippen molar-refractivity contribution in [2.75, 3.05) is 12.3 Å². The number of Topliss-reactive ketones (excluding diaryl/α,β-unsaturated/α-hetero) is 1. The predicted molar refractivity (Wildman–Crippen MR) is 153 cm³/mol. The molecule has 3 amide bonds. The SMILES string of the molecule is [CH2-]CCCCC(=O)N[C@H](C(=O)N1C[C@H](n2nnc([CH2-])n2)C[C@H]1C(=O)NC1(C(=O)CS(=O)(=O)C2CC2)C[C@H]1C)C(C)(C)C.[Y]. The number of carbonyl (C=O) groups is 4. The molecule has 1 aromatic heterocycles. The molecular formula is C28H43N7O6SY-2. The number of nitrogens with one attached hydrogen (secondary N) is 2. The summed E-state index contributed by atoms with van der Waals surface area (Å²) in [6.45, 7) is 14.8. The molecule has 0 spiro atoms. The first kappa shape index (κ1) is 35.6. The number of nitrogens with zero attached hydrogens (tertiary/aromatic N) is 5. The zero-order valence-corrected chi connectivity index (χ0v) is 29.2. The molecule has 1 saturated heterocycles. The van der Waals surface area contributed by atoms with E-state index in [1.807, 2.05) is 20.8 Å². The minimum Gasteiger partial charge on any atom is -0.344 e. The molecular weight excluding hydrogens is 651 g/mol. The van der Waals surface area contributed by atoms with Crippen LogP contribution in [0.2, 0.25) is 0 Å². The Balaban J connectivity index is 0.00000506. The molecule has 1 unspecified atom stereocenters. The molecule has 2 N–H and O–H groups in total. The maximum Gasteiger partial charge on any atom is 0.246 e. The van der Waals surface area contributed by atoms with Crippen LogP contribution in [0.1, 0.15) is 90.9 Å². The van der Waals surface area contributed by atoms with E-state index in [4.69, 9.17) is 0 Å². The van der Waals surface area contributed by atoms with Gasteiger partial charge in [0.1, 0.15) is 23.4 Å². The van der Waals surface area contributed by atoms with E-state index in [9.17, 15) is 27.6 Å². The van der Waals surface area contributed by atoms with Gasteiger partial charge in [0.05, 0.1) is 11.3 Å². The summed E-state index contributed by atoms with van der Waals surface area (Å²) in [5, 5.41) is 17.2. The average molecular weight is 695 g/mol. The van der Waals surface area contributed by atoms with Gasteiger partial charge < -0.3 is 29.4 Å². The summed E-state index contributed by atoms with van der Waals surface area (Å²) in [5.74, 6) is -2.44. The molecule has 1 radical (unpaired) electrons. The minimum atomic E-state index is -3.56. The van der Waals surface area contributed by atoms with E-state index in [1.54, 1.807) is 6.92 Å². The summed E-state index contributed by atoms with van der Waals surface area (Å²) in [6.07, 6.45) is 3.97. The van der Waals surface area contributed by atoms with Crippen molar-refractivity contribution in [3.63, 3.8) is 0 Å². The number of carbonyl (C=O) groups excluding carboxylic acids is 4. The second kappa shape index (κ2) is 13.6. The van der Waals surface area contributed by atoms with Gasteiger partial charge in [-0.15, -0.1) is 5.10 Å². The topological polar surface area (TPSA) is 173 Å². The second-order valence-electron chi connectivity index (χ2n) is 13.1. The summed E-state index contributed by atoms with van der Waals surface area (Å²) in [5.41, 5.74) is -1.97. The number of hydrogen-bond donors (Lipinski definition) is 2. The molecule has 0 aromatic carbocycles. The van der Waals surface area contributed by atoms with Crippen LogP contribution in [0.3, 0.4) is 0 Å². The van der Waals surface area contributed by atoms with Crippen molar-refractivity contribution in [3.05, 3.63) is 19.7 Å². The maximum atomic E-state index is 14.1. The molecule has 3 aliphatic rings. The van der Waals surface area contributed by atoms with Crippen LogP contribution in [0.25, 0.3) is 0 Å². The van der Waals surface area contributed by atoms with E-state index >= 15 is 0 Å². The predicted octanol–water partition coefficient (Wildman–Crippen LogP) is 0.961. The Morgan fingerprint density at radius 3 is 2.33 bits per heavy atom. The fraction of sp³-hybridized carbons (Fsp3) is 0.750. The Kier molecular flexibility index (Phi) is 11.2. The summed E-state index contributed by atoms with van der Waals surface area (Å²) in [7, 11) is -3.56. The number of tetrazole rings is 1. The van der Waals surface area contributed by atoms with Crippen molar-refractivity contribution in [2.45, 2.75) is 108 Å². The number of rotatable bonds is 13. The Bertz CT molecular complexity index is 1320. The Labute approximate surface area is 279 Å². The van der Waals surface area contributed by atoms with Crippen LogP contribution in [-0.2, 0) is 61.7 Å². The van der Waals surface area contributed by atoms with Crippen LogP contribution < -0.4 is 10.6 Å². The van der Waals surface area contributed by atoms with Crippen LogP contribution >= 0.6 is 0 Å². The molecule has 13 nitrogen and oxygen atoms in total. The number of aromatic nitrogens is 4. The fourth-order valence-corrected chi connectivity index (χ4v) is 7.32. The molecule has 4 rings (SSSR count). The molecule has 2 aliphatic carbocycles. The molecule has 5 atom stereocenters. The van der Waals surface area contributed by atoms with Gasteiger partial charge in [0, 0.05) is 57.9 Å². The van der Waals surface area contributed by atoms with E-state index in [0.717, 1.165) is 6.42 Å². The van der Waals surface area contributed by atoms with Gasteiger partial charge in [0.25, 0.3) is 0 Å². The first-order valence-corrected chi connectivity index (χ1v) is 16.4. The van der Waals surface area contributed by atoms with Gasteiger partial charge >= 0.3 is 0 Å². The van der Waals surface area contributed by atoms with Crippen molar-refractivity contribution in [2.24, 2.45) is 11.3 Å². The summed E-state index contributed by atoms with van der Waals surface area (Å²) in [4.78, 5) is 56.7.